The van der Waals surface area contributed by atoms with Crippen molar-refractivity contribution in [3.63, 3.8) is 0 Å². The van der Waals surface area contributed by atoms with Crippen LogP contribution >= 0.6 is 0 Å². The summed E-state index contributed by atoms with van der Waals surface area (Å²) in [5, 5.41) is 33.9. The maximum atomic E-state index is 11.1. The van der Waals surface area contributed by atoms with E-state index in [9.17, 15) is 14.7 Å². The SMILES string of the molecule is O=C(O)CNC(O)C(NCC(=O)O)(c1ccccn1)c1ccccn1. The van der Waals surface area contributed by atoms with Crippen LogP contribution in [0.4, 0.5) is 0 Å². The van der Waals surface area contributed by atoms with E-state index in [-0.39, 0.29) is 0 Å². The number of hydrogen-bond acceptors (Lipinski definition) is 7. The molecule has 0 saturated heterocycles. The number of aromatic nitrogens is 2. The maximum Gasteiger partial charge on any atom is 0.317 e. The van der Waals surface area contributed by atoms with Crippen LogP contribution in [0.1, 0.15) is 11.4 Å². The lowest BCUT2D eigenvalue weighted by Gasteiger charge is -2.37. The fourth-order valence-electron chi connectivity index (χ4n) is 2.43. The molecule has 0 aliphatic rings. The Balaban J connectivity index is 2.56. The largest absolute Gasteiger partial charge is 0.480 e. The van der Waals surface area contributed by atoms with Crippen LogP contribution in [0.5, 0.6) is 0 Å². The van der Waals surface area contributed by atoms with Crippen molar-refractivity contribution in [1.82, 2.24) is 20.6 Å². The summed E-state index contributed by atoms with van der Waals surface area (Å²) in [4.78, 5) is 30.4. The number of aliphatic hydroxyl groups is 1. The zero-order chi connectivity index (χ0) is 18.3. The topological polar surface area (TPSA) is 145 Å². The van der Waals surface area contributed by atoms with Crippen molar-refractivity contribution in [3.05, 3.63) is 60.2 Å². The fourth-order valence-corrected chi connectivity index (χ4v) is 2.43. The van der Waals surface area contributed by atoms with E-state index in [4.69, 9.17) is 10.2 Å². The van der Waals surface area contributed by atoms with Gasteiger partial charge in [0.15, 0.2) is 0 Å². The molecule has 2 aromatic rings. The number of rotatable bonds is 9. The standard InChI is InChI=1S/C16H18N4O5/c21-13(22)9-19-15(25)16(20-10-14(23)24,11-5-1-3-7-17-11)12-6-2-4-8-18-12/h1-8,15,19-20,25H,9-10H2,(H,21,22)(H,23,24). The van der Waals surface area contributed by atoms with Gasteiger partial charge in [-0.15, -0.1) is 0 Å². The van der Waals surface area contributed by atoms with Gasteiger partial charge in [0, 0.05) is 12.4 Å². The fraction of sp³-hybridized carbons (Fsp3) is 0.250. The van der Waals surface area contributed by atoms with Crippen LogP contribution in [0.2, 0.25) is 0 Å². The van der Waals surface area contributed by atoms with E-state index in [1.807, 2.05) is 0 Å². The van der Waals surface area contributed by atoms with E-state index < -0.39 is 36.8 Å². The highest BCUT2D eigenvalue weighted by Crippen LogP contribution is 2.29. The van der Waals surface area contributed by atoms with Gasteiger partial charge >= 0.3 is 11.9 Å². The second-order valence-electron chi connectivity index (χ2n) is 5.16. The molecule has 2 rings (SSSR count). The number of carboxylic acids is 2. The van der Waals surface area contributed by atoms with Crippen LogP contribution in [0.25, 0.3) is 0 Å². The Hall–Kier alpha value is -2.88. The lowest BCUT2D eigenvalue weighted by Crippen LogP contribution is -2.60. The highest BCUT2D eigenvalue weighted by molar-refractivity contribution is 5.70. The number of aliphatic carboxylic acids is 2. The minimum Gasteiger partial charge on any atom is -0.480 e. The van der Waals surface area contributed by atoms with E-state index in [2.05, 4.69) is 20.6 Å². The molecule has 1 atom stereocenters. The first-order valence-corrected chi connectivity index (χ1v) is 7.40. The van der Waals surface area contributed by atoms with Gasteiger partial charge in [-0.25, -0.2) is 0 Å². The van der Waals surface area contributed by atoms with Gasteiger partial charge < -0.3 is 15.3 Å². The number of nitrogens with zero attached hydrogens (tertiary/aromatic N) is 2. The zero-order valence-corrected chi connectivity index (χ0v) is 13.2. The first-order valence-electron chi connectivity index (χ1n) is 7.40. The highest BCUT2D eigenvalue weighted by Gasteiger charge is 2.44. The summed E-state index contributed by atoms with van der Waals surface area (Å²) in [6, 6.07) is 9.87. The van der Waals surface area contributed by atoms with Gasteiger partial charge in [0.1, 0.15) is 11.8 Å². The minimum atomic E-state index is -1.56. The molecule has 0 amide bonds. The predicted molar refractivity (Wildman–Crippen MR) is 86.5 cm³/mol. The van der Waals surface area contributed by atoms with E-state index >= 15 is 0 Å². The summed E-state index contributed by atoms with van der Waals surface area (Å²) in [6.07, 6.45) is 1.46. The monoisotopic (exact) mass is 346 g/mol. The number of carbonyl (C=O) groups is 2. The van der Waals surface area contributed by atoms with Gasteiger partial charge in [-0.05, 0) is 24.3 Å². The zero-order valence-electron chi connectivity index (χ0n) is 13.2. The van der Waals surface area contributed by atoms with Crippen molar-refractivity contribution in [3.8, 4) is 0 Å². The third-order valence-electron chi connectivity index (χ3n) is 3.51. The molecule has 2 aromatic heterocycles. The maximum absolute atomic E-state index is 11.1. The minimum absolute atomic E-state index is 0.292. The average molecular weight is 346 g/mol. The summed E-state index contributed by atoms with van der Waals surface area (Å²) in [6.45, 7) is -1.03. The van der Waals surface area contributed by atoms with Gasteiger partial charge in [-0.3, -0.25) is 30.2 Å². The molecule has 25 heavy (non-hydrogen) atoms. The van der Waals surface area contributed by atoms with Crippen molar-refractivity contribution in [2.45, 2.75) is 11.8 Å². The lowest BCUT2D eigenvalue weighted by atomic mass is 9.87. The van der Waals surface area contributed by atoms with E-state index in [0.29, 0.717) is 11.4 Å². The van der Waals surface area contributed by atoms with Crippen molar-refractivity contribution in [2.75, 3.05) is 13.1 Å². The molecule has 1 unspecified atom stereocenters. The molecule has 0 saturated carbocycles. The summed E-state index contributed by atoms with van der Waals surface area (Å²) >= 11 is 0. The average Bonchev–Trinajstić information content (AvgIpc) is 2.62. The molecule has 0 bridgehead atoms. The Morgan fingerprint density at radius 1 is 0.960 bits per heavy atom. The van der Waals surface area contributed by atoms with Gasteiger partial charge in [-0.2, -0.15) is 0 Å². The molecular weight excluding hydrogens is 328 g/mol. The Morgan fingerprint density at radius 3 is 1.88 bits per heavy atom. The third kappa shape index (κ3) is 4.35. The number of hydrogen-bond donors (Lipinski definition) is 5. The summed E-state index contributed by atoms with van der Waals surface area (Å²) in [5.41, 5.74) is -0.975. The summed E-state index contributed by atoms with van der Waals surface area (Å²) in [7, 11) is 0. The molecule has 9 nitrogen and oxygen atoms in total. The Morgan fingerprint density at radius 2 is 1.48 bits per heavy atom. The number of aliphatic hydroxyl groups excluding tert-OH is 1. The third-order valence-corrected chi connectivity index (χ3v) is 3.51. The first-order chi connectivity index (χ1) is 12.0. The smallest absolute Gasteiger partial charge is 0.317 e. The van der Waals surface area contributed by atoms with Crippen molar-refractivity contribution >= 4 is 11.9 Å². The first kappa shape index (κ1) is 18.5. The molecule has 5 N–H and O–H groups in total. The quantitative estimate of drug-likeness (QED) is 0.375. The summed E-state index contributed by atoms with van der Waals surface area (Å²) in [5.74, 6) is -2.32. The molecule has 2 heterocycles. The van der Waals surface area contributed by atoms with Crippen LogP contribution < -0.4 is 10.6 Å². The van der Waals surface area contributed by atoms with Crippen molar-refractivity contribution in [1.29, 1.82) is 0 Å². The van der Waals surface area contributed by atoms with Crippen LogP contribution in [0.15, 0.2) is 48.8 Å². The number of nitrogens with one attached hydrogen (secondary N) is 2. The van der Waals surface area contributed by atoms with Crippen LogP contribution in [-0.2, 0) is 15.1 Å². The normalized spacial score (nSPS) is 12.5. The predicted octanol–water partition coefficient (Wildman–Crippen LogP) is -0.613. The highest BCUT2D eigenvalue weighted by atomic mass is 16.4. The van der Waals surface area contributed by atoms with Gasteiger partial charge in [0.05, 0.1) is 24.5 Å². The molecule has 0 aromatic carbocycles. The Labute approximate surface area is 143 Å². The second kappa shape index (κ2) is 8.29. The molecule has 0 aliphatic heterocycles. The molecule has 0 radical (unpaired) electrons. The second-order valence-corrected chi connectivity index (χ2v) is 5.16. The van der Waals surface area contributed by atoms with Gasteiger partial charge in [0.25, 0.3) is 0 Å². The molecule has 0 spiro atoms. The molecular formula is C16H18N4O5. The lowest BCUT2D eigenvalue weighted by molar-refractivity contribution is -0.138. The molecule has 0 fully saturated rings. The molecule has 0 aliphatic carbocycles. The molecule has 9 heteroatoms. The van der Waals surface area contributed by atoms with E-state index in [0.717, 1.165) is 0 Å². The number of pyridine rings is 2. The van der Waals surface area contributed by atoms with Crippen LogP contribution in [-0.4, -0.2) is 56.5 Å². The Bertz CT molecular complexity index is 671. The van der Waals surface area contributed by atoms with Crippen molar-refractivity contribution in [2.24, 2.45) is 0 Å². The van der Waals surface area contributed by atoms with Crippen molar-refractivity contribution < 1.29 is 24.9 Å². The number of carboxylic acid groups (broad SMARTS) is 2. The molecule has 132 valence electrons. The summed E-state index contributed by atoms with van der Waals surface area (Å²) < 4.78 is 0. The van der Waals surface area contributed by atoms with E-state index in [1.165, 1.54) is 12.4 Å². The van der Waals surface area contributed by atoms with Crippen LogP contribution in [0, 0.1) is 0 Å². The van der Waals surface area contributed by atoms with Gasteiger partial charge in [0.2, 0.25) is 0 Å². The van der Waals surface area contributed by atoms with Gasteiger partial charge in [-0.1, -0.05) is 12.1 Å². The van der Waals surface area contributed by atoms with Crippen LogP contribution in [0.3, 0.4) is 0 Å². The Kier molecular flexibility index (Phi) is 6.12. The van der Waals surface area contributed by atoms with E-state index in [1.54, 1.807) is 36.4 Å².